The van der Waals surface area contributed by atoms with Crippen molar-refractivity contribution in [1.82, 2.24) is 10.2 Å². The number of hydrogen-bond donors (Lipinski definition) is 1. The Bertz CT molecular complexity index is 304. The first-order chi connectivity index (χ1) is 8.20. The van der Waals surface area contributed by atoms with Crippen LogP contribution in [0.5, 0.6) is 0 Å². The predicted octanol–water partition coefficient (Wildman–Crippen LogP) is -1.00. The molecule has 0 bridgehead atoms. The molecule has 2 aliphatic heterocycles. The van der Waals surface area contributed by atoms with Gasteiger partial charge in [-0.3, -0.25) is 9.59 Å². The largest absolute Gasteiger partial charge is 0.469 e. The van der Waals surface area contributed by atoms with Crippen LogP contribution in [0.2, 0.25) is 0 Å². The first-order valence-electron chi connectivity index (χ1n) is 5.88. The second-order valence-electron chi connectivity index (χ2n) is 4.41. The molecule has 0 aromatic rings. The van der Waals surface area contributed by atoms with Gasteiger partial charge in [-0.15, -0.1) is 0 Å². The molecule has 1 amide bonds. The molecule has 0 aliphatic carbocycles. The molecule has 0 aromatic heterocycles. The highest BCUT2D eigenvalue weighted by atomic mass is 16.5. The molecule has 0 saturated carbocycles. The first kappa shape index (κ1) is 12.3. The molecule has 2 heterocycles. The number of methoxy groups -OCH3 is 1. The predicted molar refractivity (Wildman–Crippen MR) is 59.3 cm³/mol. The van der Waals surface area contributed by atoms with Crippen LogP contribution in [0.1, 0.15) is 6.42 Å². The number of esters is 1. The summed E-state index contributed by atoms with van der Waals surface area (Å²) in [6, 6.07) is 0. The Balaban J connectivity index is 1.83. The van der Waals surface area contributed by atoms with Crippen molar-refractivity contribution in [3.05, 3.63) is 0 Å². The van der Waals surface area contributed by atoms with E-state index in [9.17, 15) is 9.59 Å². The molecule has 0 aromatic carbocycles. The van der Waals surface area contributed by atoms with E-state index in [2.05, 4.69) is 10.1 Å². The molecular weight excluding hydrogens is 224 g/mol. The molecule has 96 valence electrons. The zero-order valence-electron chi connectivity index (χ0n) is 9.98. The lowest BCUT2D eigenvalue weighted by molar-refractivity contribution is -0.152. The molecule has 2 fully saturated rings. The van der Waals surface area contributed by atoms with Crippen LogP contribution in [0.4, 0.5) is 0 Å². The molecular formula is C11H18N2O4. The van der Waals surface area contributed by atoms with Crippen LogP contribution in [0.3, 0.4) is 0 Å². The number of carbonyl (C=O) groups excluding carboxylic acids is 2. The van der Waals surface area contributed by atoms with Gasteiger partial charge in [-0.05, 0) is 0 Å². The monoisotopic (exact) mass is 242 g/mol. The highest BCUT2D eigenvalue weighted by Crippen LogP contribution is 2.14. The van der Waals surface area contributed by atoms with E-state index in [0.29, 0.717) is 19.7 Å². The molecule has 1 unspecified atom stereocenters. The Labute approximate surface area is 100 Å². The Morgan fingerprint density at radius 3 is 2.82 bits per heavy atom. The number of nitrogens with one attached hydrogen (secondary N) is 1. The topological polar surface area (TPSA) is 67.9 Å². The van der Waals surface area contributed by atoms with Crippen LogP contribution in [0.15, 0.2) is 0 Å². The SMILES string of the molecule is COC(=O)CC1CN(C(=O)C2CNC2)CCO1. The number of ether oxygens (including phenoxy) is 2. The molecule has 6 nitrogen and oxygen atoms in total. The van der Waals surface area contributed by atoms with Gasteiger partial charge in [0.1, 0.15) is 0 Å². The van der Waals surface area contributed by atoms with E-state index >= 15 is 0 Å². The van der Waals surface area contributed by atoms with Crippen molar-refractivity contribution in [3.63, 3.8) is 0 Å². The van der Waals surface area contributed by atoms with Crippen molar-refractivity contribution < 1.29 is 19.1 Å². The highest BCUT2D eigenvalue weighted by Gasteiger charge is 2.33. The van der Waals surface area contributed by atoms with E-state index in [4.69, 9.17) is 4.74 Å². The Kier molecular flexibility index (Phi) is 3.96. The summed E-state index contributed by atoms with van der Waals surface area (Å²) in [6.07, 6.45) is -0.0170. The van der Waals surface area contributed by atoms with Crippen LogP contribution in [-0.2, 0) is 19.1 Å². The molecule has 2 aliphatic rings. The quantitative estimate of drug-likeness (QED) is 0.643. The Morgan fingerprint density at radius 2 is 2.24 bits per heavy atom. The average molecular weight is 242 g/mol. The molecule has 1 atom stereocenters. The van der Waals surface area contributed by atoms with Crippen LogP contribution in [-0.4, -0.2) is 62.8 Å². The third-order valence-electron chi connectivity index (χ3n) is 3.20. The van der Waals surface area contributed by atoms with E-state index in [1.807, 2.05) is 0 Å². The van der Waals surface area contributed by atoms with Crippen LogP contribution < -0.4 is 5.32 Å². The molecule has 2 saturated heterocycles. The lowest BCUT2D eigenvalue weighted by atomic mass is 10.0. The number of hydrogen-bond acceptors (Lipinski definition) is 5. The van der Waals surface area contributed by atoms with Crippen LogP contribution >= 0.6 is 0 Å². The van der Waals surface area contributed by atoms with E-state index < -0.39 is 0 Å². The first-order valence-corrected chi connectivity index (χ1v) is 5.88. The number of nitrogens with zero attached hydrogens (tertiary/aromatic N) is 1. The standard InChI is InChI=1S/C11H18N2O4/c1-16-10(14)4-9-7-13(2-3-17-9)11(15)8-5-12-6-8/h8-9,12H,2-7H2,1H3. The minimum absolute atomic E-state index is 0.104. The van der Waals surface area contributed by atoms with E-state index in [0.717, 1.165) is 13.1 Å². The minimum atomic E-state index is -0.297. The average Bonchev–Trinajstić information content (AvgIpc) is 2.27. The van der Waals surface area contributed by atoms with Gasteiger partial charge >= 0.3 is 5.97 Å². The summed E-state index contributed by atoms with van der Waals surface area (Å²) in [7, 11) is 1.36. The van der Waals surface area contributed by atoms with Crippen molar-refractivity contribution in [2.24, 2.45) is 5.92 Å². The summed E-state index contributed by atoms with van der Waals surface area (Å²) in [6.45, 7) is 3.13. The fourth-order valence-corrected chi connectivity index (χ4v) is 2.03. The Morgan fingerprint density at radius 1 is 1.47 bits per heavy atom. The van der Waals surface area contributed by atoms with Gasteiger partial charge in [-0.2, -0.15) is 0 Å². The second kappa shape index (κ2) is 5.46. The molecule has 2 rings (SSSR count). The molecule has 0 radical (unpaired) electrons. The maximum absolute atomic E-state index is 12.0. The summed E-state index contributed by atoms with van der Waals surface area (Å²) >= 11 is 0. The van der Waals surface area contributed by atoms with Gasteiger partial charge in [-0.1, -0.05) is 0 Å². The van der Waals surface area contributed by atoms with Crippen molar-refractivity contribution in [1.29, 1.82) is 0 Å². The summed E-state index contributed by atoms with van der Waals surface area (Å²) < 4.78 is 10.0. The summed E-state index contributed by atoms with van der Waals surface area (Å²) in [5, 5.41) is 3.08. The van der Waals surface area contributed by atoms with Gasteiger partial charge in [0.2, 0.25) is 5.91 Å². The third kappa shape index (κ3) is 2.95. The van der Waals surface area contributed by atoms with E-state index in [-0.39, 0.29) is 30.3 Å². The number of morpholine rings is 1. The molecule has 0 spiro atoms. The van der Waals surface area contributed by atoms with Crippen LogP contribution in [0.25, 0.3) is 0 Å². The van der Waals surface area contributed by atoms with Gasteiger partial charge in [0.15, 0.2) is 0 Å². The number of carbonyl (C=O) groups is 2. The molecule has 17 heavy (non-hydrogen) atoms. The minimum Gasteiger partial charge on any atom is -0.469 e. The number of amides is 1. The maximum Gasteiger partial charge on any atom is 0.308 e. The van der Waals surface area contributed by atoms with Gasteiger partial charge in [0.25, 0.3) is 0 Å². The maximum atomic E-state index is 12.0. The second-order valence-corrected chi connectivity index (χ2v) is 4.41. The van der Waals surface area contributed by atoms with Crippen molar-refractivity contribution in [3.8, 4) is 0 Å². The van der Waals surface area contributed by atoms with E-state index in [1.54, 1.807) is 4.90 Å². The van der Waals surface area contributed by atoms with Gasteiger partial charge in [0, 0.05) is 26.2 Å². The number of rotatable bonds is 3. The van der Waals surface area contributed by atoms with Gasteiger partial charge in [-0.25, -0.2) is 0 Å². The smallest absolute Gasteiger partial charge is 0.308 e. The fourth-order valence-electron chi connectivity index (χ4n) is 2.03. The Hall–Kier alpha value is -1.14. The summed E-state index contributed by atoms with van der Waals surface area (Å²) in [4.78, 5) is 24.9. The summed E-state index contributed by atoms with van der Waals surface area (Å²) in [5.74, 6) is -0.0246. The lowest BCUT2D eigenvalue weighted by Crippen LogP contribution is -2.55. The van der Waals surface area contributed by atoms with Crippen LogP contribution in [0, 0.1) is 5.92 Å². The zero-order chi connectivity index (χ0) is 12.3. The fraction of sp³-hybridized carbons (Fsp3) is 0.818. The van der Waals surface area contributed by atoms with Gasteiger partial charge in [0.05, 0.1) is 32.2 Å². The zero-order valence-corrected chi connectivity index (χ0v) is 9.98. The van der Waals surface area contributed by atoms with Crippen molar-refractivity contribution in [2.75, 3.05) is 39.9 Å². The van der Waals surface area contributed by atoms with Crippen molar-refractivity contribution in [2.45, 2.75) is 12.5 Å². The third-order valence-corrected chi connectivity index (χ3v) is 3.20. The normalized spacial score (nSPS) is 25.2. The molecule has 1 N–H and O–H groups in total. The van der Waals surface area contributed by atoms with Gasteiger partial charge < -0.3 is 19.7 Å². The van der Waals surface area contributed by atoms with E-state index in [1.165, 1.54) is 7.11 Å². The molecule has 6 heteroatoms. The lowest BCUT2D eigenvalue weighted by Gasteiger charge is -2.37. The highest BCUT2D eigenvalue weighted by molar-refractivity contribution is 5.80. The summed E-state index contributed by atoms with van der Waals surface area (Å²) in [5.41, 5.74) is 0. The van der Waals surface area contributed by atoms with Crippen molar-refractivity contribution >= 4 is 11.9 Å².